The van der Waals surface area contributed by atoms with Gasteiger partial charge in [0.2, 0.25) is 6.10 Å². The smallest absolute Gasteiger partial charge is 0.311 e. The first-order valence-electron chi connectivity index (χ1n) is 11.0. The lowest BCUT2D eigenvalue weighted by atomic mass is 10.1. The first kappa shape index (κ1) is 24.8. The van der Waals surface area contributed by atoms with E-state index >= 15 is 0 Å². The highest BCUT2D eigenvalue weighted by molar-refractivity contribution is 6.48. The van der Waals surface area contributed by atoms with Gasteiger partial charge in [0.05, 0.1) is 5.92 Å². The molecule has 0 heterocycles. The molecule has 0 radical (unpaired) electrons. The van der Waals surface area contributed by atoms with E-state index in [0.717, 1.165) is 5.56 Å². The van der Waals surface area contributed by atoms with Crippen molar-refractivity contribution in [1.82, 2.24) is 0 Å². The summed E-state index contributed by atoms with van der Waals surface area (Å²) >= 11 is 12.4. The van der Waals surface area contributed by atoms with Crippen molar-refractivity contribution in [3.05, 3.63) is 101 Å². The predicted molar refractivity (Wildman–Crippen MR) is 133 cm³/mol. The highest BCUT2D eigenvalue weighted by Gasteiger charge is 2.62. The number of ether oxygens (including phenoxy) is 2. The molecule has 1 fully saturated rings. The summed E-state index contributed by atoms with van der Waals surface area (Å²) in [6.07, 6.45) is 0.621. The second-order valence-corrected chi connectivity index (χ2v) is 9.74. The molecule has 3 atom stereocenters. The van der Waals surface area contributed by atoms with Gasteiger partial charge < -0.3 is 9.47 Å². The van der Waals surface area contributed by atoms with Crippen molar-refractivity contribution in [2.24, 2.45) is 17.3 Å². The molecule has 3 aromatic carbocycles. The normalized spacial score (nSPS) is 19.4. The van der Waals surface area contributed by atoms with E-state index in [1.807, 2.05) is 32.1 Å². The topological polar surface area (TPSA) is 59.3 Å². The van der Waals surface area contributed by atoms with Gasteiger partial charge in [0.15, 0.2) is 11.6 Å². The molecule has 0 saturated heterocycles. The average molecular weight is 510 g/mol. The molecule has 0 spiro atoms. The van der Waals surface area contributed by atoms with Crippen LogP contribution in [-0.4, -0.2) is 5.97 Å². The first-order chi connectivity index (χ1) is 16.7. The van der Waals surface area contributed by atoms with E-state index in [-0.39, 0.29) is 11.7 Å². The Kier molecular flexibility index (Phi) is 7.16. The summed E-state index contributed by atoms with van der Waals surface area (Å²) in [5.74, 6) is -1.36. The van der Waals surface area contributed by atoms with Gasteiger partial charge in [0.25, 0.3) is 0 Å². The molecule has 1 aliphatic rings. The quantitative estimate of drug-likeness (QED) is 0.303. The molecule has 4 nitrogen and oxygen atoms in total. The van der Waals surface area contributed by atoms with Crippen LogP contribution in [0.25, 0.3) is 5.03 Å². The van der Waals surface area contributed by atoms with Gasteiger partial charge in [-0.05, 0) is 53.3 Å². The number of para-hydroxylation sites is 1. The van der Waals surface area contributed by atoms with Crippen LogP contribution in [0.1, 0.15) is 31.1 Å². The first-order valence-corrected chi connectivity index (χ1v) is 11.7. The maximum absolute atomic E-state index is 14.3. The van der Waals surface area contributed by atoms with Crippen LogP contribution in [0.4, 0.5) is 4.39 Å². The SMILES string of the molecule is CC1(C)[C@H](/C=C(\Cl)c2ccc(Cl)cc2)[C@@H]1C(=O)O[C@H](C#N)c1ccc(F)c(Oc2ccccc2)c1. The molecule has 0 unspecified atom stereocenters. The lowest BCUT2D eigenvalue weighted by Crippen LogP contribution is -2.14. The van der Waals surface area contributed by atoms with Gasteiger partial charge in [-0.25, -0.2) is 4.39 Å². The van der Waals surface area contributed by atoms with E-state index < -0.39 is 29.2 Å². The van der Waals surface area contributed by atoms with Crippen molar-refractivity contribution in [2.75, 3.05) is 0 Å². The number of hydrogen-bond acceptors (Lipinski definition) is 4. The number of esters is 1. The summed E-state index contributed by atoms with van der Waals surface area (Å²) in [4.78, 5) is 13.0. The Balaban J connectivity index is 1.49. The van der Waals surface area contributed by atoms with Crippen LogP contribution in [-0.2, 0) is 9.53 Å². The summed E-state index contributed by atoms with van der Waals surface area (Å²) in [6.45, 7) is 3.88. The summed E-state index contributed by atoms with van der Waals surface area (Å²) < 4.78 is 25.5. The maximum Gasteiger partial charge on any atom is 0.311 e. The fraction of sp³-hybridized carbons (Fsp3) is 0.214. The summed E-state index contributed by atoms with van der Waals surface area (Å²) in [6, 6.07) is 21.7. The Morgan fingerprint density at radius 1 is 1.11 bits per heavy atom. The van der Waals surface area contributed by atoms with Crippen LogP contribution in [0, 0.1) is 34.4 Å². The monoisotopic (exact) mass is 509 g/mol. The molecule has 0 aromatic heterocycles. The predicted octanol–water partition coefficient (Wildman–Crippen LogP) is 7.93. The minimum atomic E-state index is -1.21. The molecule has 4 rings (SSSR count). The Bertz CT molecular complexity index is 1300. The number of nitriles is 1. The highest BCUT2D eigenvalue weighted by atomic mass is 35.5. The van der Waals surface area contributed by atoms with Gasteiger partial charge >= 0.3 is 5.97 Å². The van der Waals surface area contributed by atoms with Gasteiger partial charge in [-0.15, -0.1) is 0 Å². The summed E-state index contributed by atoms with van der Waals surface area (Å²) in [5, 5.41) is 10.8. The third-order valence-electron chi connectivity index (χ3n) is 6.19. The number of carbonyl (C=O) groups excluding carboxylic acids is 1. The maximum atomic E-state index is 14.3. The Labute approximate surface area is 213 Å². The van der Waals surface area contributed by atoms with E-state index in [2.05, 4.69) is 0 Å². The molecule has 0 N–H and O–H groups in total. The van der Waals surface area contributed by atoms with Crippen LogP contribution in [0.3, 0.4) is 0 Å². The van der Waals surface area contributed by atoms with Gasteiger partial charge in [0, 0.05) is 15.6 Å². The minimum Gasteiger partial charge on any atom is -0.454 e. The second-order valence-electron chi connectivity index (χ2n) is 8.90. The minimum absolute atomic E-state index is 0.0627. The van der Waals surface area contributed by atoms with Crippen molar-refractivity contribution < 1.29 is 18.7 Å². The molecule has 1 aliphatic carbocycles. The van der Waals surface area contributed by atoms with Crippen LogP contribution in [0.2, 0.25) is 5.02 Å². The molecule has 178 valence electrons. The summed E-state index contributed by atoms with van der Waals surface area (Å²) in [7, 11) is 0. The zero-order valence-electron chi connectivity index (χ0n) is 19.0. The lowest BCUT2D eigenvalue weighted by molar-refractivity contribution is -0.149. The third-order valence-corrected chi connectivity index (χ3v) is 6.79. The fourth-order valence-electron chi connectivity index (χ4n) is 4.04. The molecule has 0 aliphatic heterocycles. The van der Waals surface area contributed by atoms with Crippen molar-refractivity contribution in [1.29, 1.82) is 5.26 Å². The van der Waals surface area contributed by atoms with Crippen molar-refractivity contribution in [2.45, 2.75) is 20.0 Å². The number of halogens is 3. The van der Waals surface area contributed by atoms with Crippen molar-refractivity contribution in [3.8, 4) is 17.6 Å². The Hall–Kier alpha value is -3.33. The van der Waals surface area contributed by atoms with Gasteiger partial charge in [-0.2, -0.15) is 5.26 Å². The molecule has 35 heavy (non-hydrogen) atoms. The van der Waals surface area contributed by atoms with E-state index in [1.165, 1.54) is 18.2 Å². The van der Waals surface area contributed by atoms with Crippen LogP contribution in [0.15, 0.2) is 78.9 Å². The highest BCUT2D eigenvalue weighted by Crippen LogP contribution is 2.60. The van der Waals surface area contributed by atoms with Gasteiger partial charge in [0.1, 0.15) is 11.8 Å². The zero-order valence-corrected chi connectivity index (χ0v) is 20.6. The number of rotatable bonds is 7. The molecule has 1 saturated carbocycles. The number of allylic oxidation sites excluding steroid dienone is 1. The van der Waals surface area contributed by atoms with E-state index in [9.17, 15) is 14.4 Å². The molecular weight excluding hydrogens is 488 g/mol. The number of benzene rings is 3. The van der Waals surface area contributed by atoms with E-state index in [4.69, 9.17) is 32.7 Å². The van der Waals surface area contributed by atoms with Crippen LogP contribution >= 0.6 is 23.2 Å². The third kappa shape index (κ3) is 5.51. The number of hydrogen-bond donors (Lipinski definition) is 0. The fourth-order valence-corrected chi connectivity index (χ4v) is 4.42. The van der Waals surface area contributed by atoms with Crippen molar-refractivity contribution in [3.63, 3.8) is 0 Å². The van der Waals surface area contributed by atoms with Gasteiger partial charge in [-0.1, -0.05) is 79.5 Å². The molecular formula is C28H22Cl2FNO3. The van der Waals surface area contributed by atoms with E-state index in [1.54, 1.807) is 48.5 Å². The zero-order chi connectivity index (χ0) is 25.2. The molecule has 3 aromatic rings. The molecule has 0 bridgehead atoms. The average Bonchev–Trinajstić information content (AvgIpc) is 3.39. The Morgan fingerprint density at radius 3 is 2.46 bits per heavy atom. The van der Waals surface area contributed by atoms with E-state index in [0.29, 0.717) is 21.4 Å². The number of carbonyl (C=O) groups is 1. The molecule has 0 amide bonds. The van der Waals surface area contributed by atoms with Crippen molar-refractivity contribution >= 4 is 34.2 Å². The lowest BCUT2D eigenvalue weighted by Gasteiger charge is -2.14. The number of nitrogens with zero attached hydrogens (tertiary/aromatic N) is 1. The molecule has 7 heteroatoms. The van der Waals surface area contributed by atoms with Crippen LogP contribution in [0.5, 0.6) is 11.5 Å². The van der Waals surface area contributed by atoms with Crippen LogP contribution < -0.4 is 4.74 Å². The Morgan fingerprint density at radius 2 is 1.80 bits per heavy atom. The largest absolute Gasteiger partial charge is 0.454 e. The standard InChI is InChI=1S/C28H22Cl2FNO3/c1-28(2)21(15-22(30)17-8-11-19(29)12-9-17)26(28)27(33)35-25(16-32)18-10-13-23(31)24(14-18)34-20-6-4-3-5-7-20/h3-15,21,25-26H,1-2H3/b22-15-/t21-,25-,26-/m1/s1. The summed E-state index contributed by atoms with van der Waals surface area (Å²) in [5.41, 5.74) is 0.713. The second kappa shape index (κ2) is 10.1. The van der Waals surface area contributed by atoms with Gasteiger partial charge in [-0.3, -0.25) is 4.79 Å².